The number of amides is 2. The highest BCUT2D eigenvalue weighted by Crippen LogP contribution is 1.99. The van der Waals surface area contributed by atoms with Crippen molar-refractivity contribution >= 4 is 11.8 Å². The fourth-order valence-corrected chi connectivity index (χ4v) is 1.30. The first-order valence-corrected chi connectivity index (χ1v) is 5.27. The molecule has 0 aromatic carbocycles. The maximum absolute atomic E-state index is 11.6. The third-order valence-electron chi connectivity index (χ3n) is 2.21. The summed E-state index contributed by atoms with van der Waals surface area (Å²) in [7, 11) is 1.69. The van der Waals surface area contributed by atoms with Gasteiger partial charge in [-0.05, 0) is 6.42 Å². The second-order valence-electron chi connectivity index (χ2n) is 3.74. The zero-order chi connectivity index (χ0) is 11.8. The van der Waals surface area contributed by atoms with Gasteiger partial charge in [-0.25, -0.2) is 0 Å². The lowest BCUT2D eigenvalue weighted by molar-refractivity contribution is -0.133. The molecular formula is C10H21N3O2. The first-order valence-electron chi connectivity index (χ1n) is 5.27. The van der Waals surface area contributed by atoms with Gasteiger partial charge in [-0.15, -0.1) is 0 Å². The molecule has 0 spiro atoms. The Labute approximate surface area is 90.8 Å². The van der Waals surface area contributed by atoms with Crippen LogP contribution in [0, 0.1) is 0 Å². The van der Waals surface area contributed by atoms with Gasteiger partial charge in [0.05, 0.1) is 12.5 Å². The molecule has 0 aromatic rings. The lowest BCUT2D eigenvalue weighted by Crippen LogP contribution is -2.44. The molecule has 5 nitrogen and oxygen atoms in total. The number of hydrogen-bond donors (Lipinski definition) is 2. The molecule has 4 N–H and O–H groups in total. The minimum Gasteiger partial charge on any atom is -0.370 e. The van der Waals surface area contributed by atoms with Gasteiger partial charge in [-0.1, -0.05) is 19.8 Å². The van der Waals surface area contributed by atoms with Gasteiger partial charge < -0.3 is 16.4 Å². The van der Waals surface area contributed by atoms with E-state index in [-0.39, 0.29) is 12.3 Å². The Morgan fingerprint density at radius 3 is 2.40 bits per heavy atom. The highest BCUT2D eigenvalue weighted by atomic mass is 16.2. The second kappa shape index (κ2) is 7.23. The molecule has 0 aliphatic heterocycles. The Morgan fingerprint density at radius 2 is 1.93 bits per heavy atom. The number of nitrogens with two attached hydrogens (primary N) is 2. The van der Waals surface area contributed by atoms with Crippen molar-refractivity contribution in [3.05, 3.63) is 0 Å². The van der Waals surface area contributed by atoms with Gasteiger partial charge in [0.25, 0.3) is 0 Å². The van der Waals surface area contributed by atoms with Crippen molar-refractivity contribution < 1.29 is 9.59 Å². The molecule has 0 bridgehead atoms. The maximum Gasteiger partial charge on any atom is 0.239 e. The Hall–Kier alpha value is -1.10. The third-order valence-corrected chi connectivity index (χ3v) is 2.21. The predicted molar refractivity (Wildman–Crippen MR) is 58.9 cm³/mol. The van der Waals surface area contributed by atoms with Crippen molar-refractivity contribution in [1.82, 2.24) is 4.90 Å². The molecule has 5 heteroatoms. The van der Waals surface area contributed by atoms with Crippen LogP contribution in [0.1, 0.15) is 32.6 Å². The number of rotatable bonds is 7. The number of unbranched alkanes of at least 4 members (excludes halogenated alkanes) is 2. The molecule has 0 heterocycles. The van der Waals surface area contributed by atoms with Crippen LogP contribution in [0.5, 0.6) is 0 Å². The average Bonchev–Trinajstić information content (AvgIpc) is 2.15. The standard InChI is InChI=1S/C10H21N3O2/c1-3-4-5-6-13(2)10(15)8(11)7-9(12)14/h8H,3-7,11H2,1-2H3,(H2,12,14). The van der Waals surface area contributed by atoms with E-state index in [0.29, 0.717) is 6.54 Å². The highest BCUT2D eigenvalue weighted by Gasteiger charge is 2.19. The lowest BCUT2D eigenvalue weighted by Gasteiger charge is -2.20. The number of likely N-dealkylation sites (N-methyl/N-ethyl adjacent to an activating group) is 1. The van der Waals surface area contributed by atoms with Crippen LogP contribution in [0.3, 0.4) is 0 Å². The first kappa shape index (κ1) is 13.9. The predicted octanol–water partition coefficient (Wildman–Crippen LogP) is -0.162. The summed E-state index contributed by atoms with van der Waals surface area (Å²) >= 11 is 0. The van der Waals surface area contributed by atoms with E-state index in [4.69, 9.17) is 11.5 Å². The van der Waals surface area contributed by atoms with Gasteiger partial charge in [0.2, 0.25) is 11.8 Å². The Balaban J connectivity index is 3.90. The van der Waals surface area contributed by atoms with Gasteiger partial charge in [0, 0.05) is 13.6 Å². The van der Waals surface area contributed by atoms with E-state index in [1.54, 1.807) is 11.9 Å². The first-order chi connectivity index (χ1) is 6.99. The Kier molecular flexibility index (Phi) is 6.70. The topological polar surface area (TPSA) is 89.4 Å². The quantitative estimate of drug-likeness (QED) is 0.578. The van der Waals surface area contributed by atoms with Crippen molar-refractivity contribution in [1.29, 1.82) is 0 Å². The average molecular weight is 215 g/mol. The maximum atomic E-state index is 11.6. The van der Waals surface area contributed by atoms with Gasteiger partial charge in [-0.2, -0.15) is 0 Å². The zero-order valence-electron chi connectivity index (χ0n) is 9.53. The molecule has 0 aliphatic rings. The molecule has 15 heavy (non-hydrogen) atoms. The van der Waals surface area contributed by atoms with Crippen molar-refractivity contribution in [3.63, 3.8) is 0 Å². The molecule has 1 atom stereocenters. The number of nitrogens with zero attached hydrogens (tertiary/aromatic N) is 1. The van der Waals surface area contributed by atoms with Gasteiger partial charge in [-0.3, -0.25) is 9.59 Å². The number of primary amides is 1. The summed E-state index contributed by atoms with van der Waals surface area (Å²) in [4.78, 5) is 23.7. The highest BCUT2D eigenvalue weighted by molar-refractivity contribution is 5.87. The fourth-order valence-electron chi connectivity index (χ4n) is 1.30. The van der Waals surface area contributed by atoms with E-state index >= 15 is 0 Å². The molecule has 0 fully saturated rings. The van der Waals surface area contributed by atoms with Crippen LogP contribution in [-0.4, -0.2) is 36.3 Å². The normalized spacial score (nSPS) is 12.2. The van der Waals surface area contributed by atoms with Crippen molar-refractivity contribution in [2.24, 2.45) is 11.5 Å². The smallest absolute Gasteiger partial charge is 0.239 e. The van der Waals surface area contributed by atoms with Crippen LogP contribution >= 0.6 is 0 Å². The van der Waals surface area contributed by atoms with Crippen LogP contribution in [0.4, 0.5) is 0 Å². The van der Waals surface area contributed by atoms with Crippen molar-refractivity contribution in [3.8, 4) is 0 Å². The minimum atomic E-state index is -0.797. The van der Waals surface area contributed by atoms with Crippen LogP contribution < -0.4 is 11.5 Å². The van der Waals surface area contributed by atoms with E-state index in [1.807, 2.05) is 0 Å². The van der Waals surface area contributed by atoms with Crippen LogP contribution in [0.25, 0.3) is 0 Å². The summed E-state index contributed by atoms with van der Waals surface area (Å²) in [6, 6.07) is -0.797. The van der Waals surface area contributed by atoms with Crippen LogP contribution in [0.2, 0.25) is 0 Å². The monoisotopic (exact) mass is 215 g/mol. The van der Waals surface area contributed by atoms with E-state index < -0.39 is 11.9 Å². The van der Waals surface area contributed by atoms with Gasteiger partial charge in [0.1, 0.15) is 0 Å². The van der Waals surface area contributed by atoms with E-state index in [2.05, 4.69) is 6.92 Å². The molecular weight excluding hydrogens is 194 g/mol. The van der Waals surface area contributed by atoms with Gasteiger partial charge in [0.15, 0.2) is 0 Å². The number of carbonyl (C=O) groups excluding carboxylic acids is 2. The molecule has 0 rings (SSSR count). The summed E-state index contributed by atoms with van der Waals surface area (Å²) in [5, 5.41) is 0. The van der Waals surface area contributed by atoms with Crippen LogP contribution in [0.15, 0.2) is 0 Å². The minimum absolute atomic E-state index is 0.0864. The zero-order valence-corrected chi connectivity index (χ0v) is 9.53. The number of hydrogen-bond acceptors (Lipinski definition) is 3. The molecule has 0 aliphatic carbocycles. The third kappa shape index (κ3) is 6.06. The molecule has 2 amide bonds. The summed E-state index contributed by atoms with van der Waals surface area (Å²) in [5.74, 6) is -0.761. The molecule has 0 saturated heterocycles. The van der Waals surface area contributed by atoms with Crippen LogP contribution in [-0.2, 0) is 9.59 Å². The summed E-state index contributed by atoms with van der Waals surface area (Å²) in [6.45, 7) is 2.78. The molecule has 1 unspecified atom stereocenters. The Morgan fingerprint density at radius 1 is 1.33 bits per heavy atom. The van der Waals surface area contributed by atoms with E-state index in [9.17, 15) is 9.59 Å². The summed E-state index contributed by atoms with van der Waals surface area (Å²) in [5.41, 5.74) is 10.5. The van der Waals surface area contributed by atoms with Crippen molar-refractivity contribution in [2.45, 2.75) is 38.6 Å². The Bertz CT molecular complexity index is 219. The van der Waals surface area contributed by atoms with E-state index in [0.717, 1.165) is 19.3 Å². The van der Waals surface area contributed by atoms with E-state index in [1.165, 1.54) is 0 Å². The second-order valence-corrected chi connectivity index (χ2v) is 3.74. The number of carbonyl (C=O) groups is 2. The SMILES string of the molecule is CCCCCN(C)C(=O)C(N)CC(N)=O. The summed E-state index contributed by atoms with van der Waals surface area (Å²) < 4.78 is 0. The summed E-state index contributed by atoms with van der Waals surface area (Å²) in [6.07, 6.45) is 3.07. The van der Waals surface area contributed by atoms with Crippen molar-refractivity contribution in [2.75, 3.05) is 13.6 Å². The molecule has 88 valence electrons. The molecule has 0 radical (unpaired) electrons. The largest absolute Gasteiger partial charge is 0.370 e. The fraction of sp³-hybridized carbons (Fsp3) is 0.800. The molecule has 0 aromatic heterocycles. The van der Waals surface area contributed by atoms with Gasteiger partial charge >= 0.3 is 0 Å². The molecule has 0 saturated carbocycles. The lowest BCUT2D eigenvalue weighted by atomic mass is 10.2.